The van der Waals surface area contributed by atoms with Crippen molar-refractivity contribution in [2.45, 2.75) is 64.8 Å². The Morgan fingerprint density at radius 3 is 2.71 bits per heavy atom. The largest absolute Gasteiger partial charge is 0.319 e. The second-order valence-electron chi connectivity index (χ2n) is 9.15. The van der Waals surface area contributed by atoms with E-state index >= 15 is 0 Å². The van der Waals surface area contributed by atoms with E-state index in [-0.39, 0.29) is 5.91 Å². The van der Waals surface area contributed by atoms with Crippen LogP contribution in [0.2, 0.25) is 0 Å². The van der Waals surface area contributed by atoms with Gasteiger partial charge in [-0.15, -0.1) is 0 Å². The summed E-state index contributed by atoms with van der Waals surface area (Å²) in [6, 6.07) is 9.21. The molecule has 1 amide bonds. The van der Waals surface area contributed by atoms with Crippen molar-refractivity contribution < 1.29 is 4.79 Å². The average Bonchev–Trinajstić information content (AvgIpc) is 2.92. The van der Waals surface area contributed by atoms with E-state index in [1.54, 1.807) is 0 Å². The predicted octanol–water partition coefficient (Wildman–Crippen LogP) is 4.93. The van der Waals surface area contributed by atoms with Crippen LogP contribution in [0.3, 0.4) is 0 Å². The van der Waals surface area contributed by atoms with Crippen LogP contribution in [0.1, 0.15) is 59.9 Å². The first-order chi connectivity index (χ1) is 15.1. The average molecular weight is 418 g/mol. The molecule has 1 saturated heterocycles. The zero-order chi connectivity index (χ0) is 21.6. The van der Waals surface area contributed by atoms with Crippen LogP contribution in [0.4, 0.5) is 0 Å². The van der Waals surface area contributed by atoms with Crippen molar-refractivity contribution in [3.63, 3.8) is 0 Å². The molecule has 4 nitrogen and oxygen atoms in total. The molecule has 1 aromatic carbocycles. The molecule has 2 aliphatic rings. The number of rotatable bonds is 7. The molecule has 1 unspecified atom stereocenters. The van der Waals surface area contributed by atoms with Crippen molar-refractivity contribution in [3.05, 3.63) is 70.7 Å². The number of aryl methyl sites for hydroxylation is 3. The molecular weight excluding hydrogens is 382 g/mol. The van der Waals surface area contributed by atoms with E-state index in [2.05, 4.69) is 54.1 Å². The lowest BCUT2D eigenvalue weighted by molar-refractivity contribution is -0.128. The summed E-state index contributed by atoms with van der Waals surface area (Å²) in [5, 5.41) is 0. The summed E-state index contributed by atoms with van der Waals surface area (Å²) in [7, 11) is 0. The number of piperidine rings is 1. The minimum absolute atomic E-state index is 0.221. The molecule has 0 radical (unpaired) electrons. The Hall–Kier alpha value is -2.46. The Morgan fingerprint density at radius 1 is 1.06 bits per heavy atom. The van der Waals surface area contributed by atoms with E-state index in [1.807, 2.05) is 23.5 Å². The molecule has 31 heavy (non-hydrogen) atoms. The number of fused-ring (bicyclic) bond motifs is 1. The number of carbonyl (C=O) groups excluding carboxylic acids is 1. The molecule has 0 bridgehead atoms. The van der Waals surface area contributed by atoms with Gasteiger partial charge in [0.2, 0.25) is 5.91 Å². The number of carbonyl (C=O) groups is 1. The topological polar surface area (TPSA) is 36.4 Å². The van der Waals surface area contributed by atoms with E-state index in [0.29, 0.717) is 12.5 Å². The van der Waals surface area contributed by atoms with Crippen LogP contribution < -0.4 is 0 Å². The van der Waals surface area contributed by atoms with Crippen LogP contribution in [0.5, 0.6) is 0 Å². The van der Waals surface area contributed by atoms with Gasteiger partial charge in [-0.25, -0.2) is 0 Å². The second-order valence-corrected chi connectivity index (χ2v) is 9.15. The lowest BCUT2D eigenvalue weighted by Gasteiger charge is -2.36. The highest BCUT2D eigenvalue weighted by Gasteiger charge is 2.24. The Morgan fingerprint density at radius 2 is 1.87 bits per heavy atom. The summed E-state index contributed by atoms with van der Waals surface area (Å²) >= 11 is 0. The van der Waals surface area contributed by atoms with Gasteiger partial charge in [0.05, 0.1) is 6.42 Å². The van der Waals surface area contributed by atoms with Gasteiger partial charge < -0.3 is 9.80 Å². The molecule has 1 fully saturated rings. The highest BCUT2D eigenvalue weighted by atomic mass is 16.2. The summed E-state index contributed by atoms with van der Waals surface area (Å²) in [6.45, 7) is 7.40. The maximum absolute atomic E-state index is 12.9. The van der Waals surface area contributed by atoms with Crippen LogP contribution in [0.25, 0.3) is 6.08 Å². The predicted molar refractivity (Wildman–Crippen MR) is 127 cm³/mol. The van der Waals surface area contributed by atoms with E-state index in [1.165, 1.54) is 54.5 Å². The number of aromatic nitrogens is 1. The first-order valence-electron chi connectivity index (χ1n) is 11.8. The van der Waals surface area contributed by atoms with E-state index < -0.39 is 0 Å². The molecule has 2 aromatic rings. The molecule has 0 aliphatic carbocycles. The summed E-state index contributed by atoms with van der Waals surface area (Å²) in [6.07, 6.45) is 15.6. The van der Waals surface area contributed by atoms with Gasteiger partial charge in [-0.05, 0) is 105 Å². The van der Waals surface area contributed by atoms with Crippen molar-refractivity contribution in [2.75, 3.05) is 19.6 Å². The van der Waals surface area contributed by atoms with E-state index in [0.717, 1.165) is 31.5 Å². The maximum Gasteiger partial charge on any atom is 0.230 e. The zero-order valence-electron chi connectivity index (χ0n) is 19.0. The van der Waals surface area contributed by atoms with Gasteiger partial charge in [0.25, 0.3) is 0 Å². The first kappa shape index (κ1) is 21.8. The van der Waals surface area contributed by atoms with Gasteiger partial charge >= 0.3 is 0 Å². The number of amides is 1. The molecule has 164 valence electrons. The fourth-order valence-corrected chi connectivity index (χ4v) is 4.93. The number of nitrogens with zero attached hydrogens (tertiary/aromatic N) is 3. The number of hydrogen-bond acceptors (Lipinski definition) is 3. The van der Waals surface area contributed by atoms with Crippen LogP contribution >= 0.6 is 0 Å². The molecule has 4 rings (SSSR count). The fraction of sp³-hybridized carbons (Fsp3) is 0.481. The smallest absolute Gasteiger partial charge is 0.230 e. The molecule has 0 N–H and O–H groups in total. The highest BCUT2D eigenvalue weighted by molar-refractivity contribution is 5.83. The number of pyridine rings is 1. The van der Waals surface area contributed by atoms with Gasteiger partial charge in [-0.2, -0.15) is 0 Å². The van der Waals surface area contributed by atoms with Crippen molar-refractivity contribution >= 4 is 12.0 Å². The molecule has 3 heterocycles. The standard InChI is InChI=1S/C27H35N3O/c1-21-18-24-10-16-30(27(31)20-25(24)19-22(21)2)17-11-26-7-3-4-14-29(26)15-5-6-23-8-12-28-13-9-23/h8-10,12-13,16,18-19,26H,3-7,11,14-15,17,20H2,1-2H3. The fourth-order valence-electron chi connectivity index (χ4n) is 4.93. The lowest BCUT2D eigenvalue weighted by atomic mass is 9.98. The van der Waals surface area contributed by atoms with Crippen molar-refractivity contribution in [2.24, 2.45) is 0 Å². The lowest BCUT2D eigenvalue weighted by Crippen LogP contribution is -2.42. The molecular formula is C27H35N3O. The molecule has 1 atom stereocenters. The number of hydrogen-bond donors (Lipinski definition) is 0. The van der Waals surface area contributed by atoms with Gasteiger partial charge in [0, 0.05) is 31.2 Å². The van der Waals surface area contributed by atoms with Crippen LogP contribution in [0, 0.1) is 13.8 Å². The highest BCUT2D eigenvalue weighted by Crippen LogP contribution is 2.24. The van der Waals surface area contributed by atoms with Crippen LogP contribution in [-0.4, -0.2) is 46.4 Å². The normalized spacial score (nSPS) is 19.4. The molecule has 0 spiro atoms. The quantitative estimate of drug-likeness (QED) is 0.641. The molecule has 0 saturated carbocycles. The minimum atomic E-state index is 0.221. The van der Waals surface area contributed by atoms with Gasteiger partial charge in [0.1, 0.15) is 0 Å². The second kappa shape index (κ2) is 10.2. The van der Waals surface area contributed by atoms with Crippen molar-refractivity contribution in [1.82, 2.24) is 14.8 Å². The zero-order valence-corrected chi connectivity index (χ0v) is 19.0. The number of benzene rings is 1. The Kier molecular flexibility index (Phi) is 7.18. The van der Waals surface area contributed by atoms with Crippen LogP contribution in [-0.2, 0) is 17.6 Å². The van der Waals surface area contributed by atoms with Gasteiger partial charge in [-0.1, -0.05) is 18.6 Å². The maximum atomic E-state index is 12.9. The third kappa shape index (κ3) is 5.62. The minimum Gasteiger partial charge on any atom is -0.319 e. The summed E-state index contributed by atoms with van der Waals surface area (Å²) in [5.74, 6) is 0.221. The summed E-state index contributed by atoms with van der Waals surface area (Å²) in [4.78, 5) is 21.6. The monoisotopic (exact) mass is 417 g/mol. The van der Waals surface area contributed by atoms with Crippen LogP contribution in [0.15, 0.2) is 42.9 Å². The van der Waals surface area contributed by atoms with E-state index in [4.69, 9.17) is 0 Å². The Bertz CT molecular complexity index is 922. The Labute approximate surface area is 187 Å². The van der Waals surface area contributed by atoms with Gasteiger partial charge in [0.15, 0.2) is 0 Å². The van der Waals surface area contributed by atoms with Crippen molar-refractivity contribution in [3.8, 4) is 0 Å². The molecule has 2 aliphatic heterocycles. The van der Waals surface area contributed by atoms with Gasteiger partial charge in [-0.3, -0.25) is 9.78 Å². The third-order valence-electron chi connectivity index (χ3n) is 6.96. The molecule has 1 aromatic heterocycles. The van der Waals surface area contributed by atoms with E-state index in [9.17, 15) is 4.79 Å². The van der Waals surface area contributed by atoms with Crippen molar-refractivity contribution in [1.29, 1.82) is 0 Å². The first-order valence-corrected chi connectivity index (χ1v) is 11.8. The third-order valence-corrected chi connectivity index (χ3v) is 6.96. The SMILES string of the molecule is Cc1cc2c(cc1C)CC(=O)N(CCC1CCCCN1CCCc1ccncc1)C=C2. The summed E-state index contributed by atoms with van der Waals surface area (Å²) in [5.41, 5.74) is 6.26. The summed E-state index contributed by atoms with van der Waals surface area (Å²) < 4.78 is 0. The Balaban J connectivity index is 1.32. The molecule has 4 heteroatoms. The number of likely N-dealkylation sites (tertiary alicyclic amines) is 1.